The first kappa shape index (κ1) is 14.5. The molecule has 0 radical (unpaired) electrons. The SMILES string of the molecule is Cc1ccc(C(O)CNC2CCC(C)(O)CC2)cc1. The van der Waals surface area contributed by atoms with E-state index in [2.05, 4.69) is 5.32 Å². The summed E-state index contributed by atoms with van der Waals surface area (Å²) >= 11 is 0. The molecule has 106 valence electrons. The Kier molecular flexibility index (Phi) is 4.61. The molecule has 1 aliphatic rings. The molecule has 0 spiro atoms. The second-order valence-corrected chi connectivity index (χ2v) is 6.11. The van der Waals surface area contributed by atoms with Crippen LogP contribution in [0.1, 0.15) is 49.8 Å². The van der Waals surface area contributed by atoms with Gasteiger partial charge >= 0.3 is 0 Å². The average molecular weight is 263 g/mol. The van der Waals surface area contributed by atoms with Gasteiger partial charge in [-0.2, -0.15) is 0 Å². The van der Waals surface area contributed by atoms with Crippen LogP contribution >= 0.6 is 0 Å². The lowest BCUT2D eigenvalue weighted by molar-refractivity contribution is 0.0129. The number of aryl methyl sites for hydroxylation is 1. The molecule has 1 atom stereocenters. The molecule has 0 aromatic heterocycles. The number of rotatable bonds is 4. The summed E-state index contributed by atoms with van der Waals surface area (Å²) in [6, 6.07) is 8.42. The molecule has 0 amide bonds. The van der Waals surface area contributed by atoms with Crippen LogP contribution in [-0.4, -0.2) is 28.4 Å². The van der Waals surface area contributed by atoms with Crippen molar-refractivity contribution < 1.29 is 10.2 Å². The van der Waals surface area contributed by atoms with E-state index in [1.54, 1.807) is 0 Å². The Labute approximate surface area is 115 Å². The van der Waals surface area contributed by atoms with Gasteiger partial charge in [0.1, 0.15) is 0 Å². The summed E-state index contributed by atoms with van der Waals surface area (Å²) in [7, 11) is 0. The highest BCUT2D eigenvalue weighted by atomic mass is 16.3. The third-order valence-corrected chi connectivity index (χ3v) is 4.12. The van der Waals surface area contributed by atoms with Gasteiger partial charge < -0.3 is 15.5 Å². The molecule has 0 heterocycles. The average Bonchev–Trinajstić information content (AvgIpc) is 2.38. The third kappa shape index (κ3) is 4.30. The van der Waals surface area contributed by atoms with E-state index in [1.165, 1.54) is 5.56 Å². The van der Waals surface area contributed by atoms with Crippen molar-refractivity contribution in [3.63, 3.8) is 0 Å². The lowest BCUT2D eigenvalue weighted by atomic mass is 9.83. The molecule has 3 nitrogen and oxygen atoms in total. The van der Waals surface area contributed by atoms with Gasteiger partial charge in [0, 0.05) is 12.6 Å². The van der Waals surface area contributed by atoms with Gasteiger partial charge in [-0.05, 0) is 45.1 Å². The van der Waals surface area contributed by atoms with Crippen molar-refractivity contribution >= 4 is 0 Å². The minimum Gasteiger partial charge on any atom is -0.390 e. The predicted octanol–water partition coefficient (Wildman–Crippen LogP) is 2.31. The molecule has 3 N–H and O–H groups in total. The standard InChI is InChI=1S/C16H25NO2/c1-12-3-5-13(6-4-12)15(18)11-17-14-7-9-16(2,19)10-8-14/h3-6,14-15,17-19H,7-11H2,1-2H3. The van der Waals surface area contributed by atoms with Crippen molar-refractivity contribution in [2.75, 3.05) is 6.54 Å². The second-order valence-electron chi connectivity index (χ2n) is 6.11. The van der Waals surface area contributed by atoms with Gasteiger partial charge in [-0.25, -0.2) is 0 Å². The molecule has 3 heteroatoms. The van der Waals surface area contributed by atoms with Gasteiger partial charge in [-0.1, -0.05) is 29.8 Å². The van der Waals surface area contributed by atoms with Crippen LogP contribution in [-0.2, 0) is 0 Å². The molecule has 1 aliphatic carbocycles. The number of aliphatic hydroxyl groups is 2. The Hall–Kier alpha value is -0.900. The van der Waals surface area contributed by atoms with E-state index in [-0.39, 0.29) is 0 Å². The monoisotopic (exact) mass is 263 g/mol. The van der Waals surface area contributed by atoms with E-state index in [1.807, 2.05) is 38.1 Å². The zero-order valence-corrected chi connectivity index (χ0v) is 11.9. The van der Waals surface area contributed by atoms with Crippen molar-refractivity contribution in [2.24, 2.45) is 0 Å². The lowest BCUT2D eigenvalue weighted by Crippen LogP contribution is -2.40. The zero-order chi connectivity index (χ0) is 13.9. The fourth-order valence-electron chi connectivity index (χ4n) is 2.63. The van der Waals surface area contributed by atoms with Gasteiger partial charge in [-0.3, -0.25) is 0 Å². The Morgan fingerprint density at radius 3 is 2.42 bits per heavy atom. The fraction of sp³-hybridized carbons (Fsp3) is 0.625. The van der Waals surface area contributed by atoms with E-state index < -0.39 is 11.7 Å². The molecule has 0 bridgehead atoms. The summed E-state index contributed by atoms with van der Waals surface area (Å²) in [5.74, 6) is 0. The van der Waals surface area contributed by atoms with Gasteiger partial charge in [0.15, 0.2) is 0 Å². The third-order valence-electron chi connectivity index (χ3n) is 4.12. The molecule has 2 rings (SSSR count). The van der Waals surface area contributed by atoms with Gasteiger partial charge in [-0.15, -0.1) is 0 Å². The maximum Gasteiger partial charge on any atom is 0.0914 e. The van der Waals surface area contributed by atoms with Crippen LogP contribution in [0, 0.1) is 6.92 Å². The largest absolute Gasteiger partial charge is 0.390 e. The molecular weight excluding hydrogens is 238 g/mol. The van der Waals surface area contributed by atoms with Crippen molar-refractivity contribution in [3.05, 3.63) is 35.4 Å². The Balaban J connectivity index is 1.78. The molecular formula is C16H25NO2. The van der Waals surface area contributed by atoms with Gasteiger partial charge in [0.05, 0.1) is 11.7 Å². The molecule has 0 saturated heterocycles. The van der Waals surface area contributed by atoms with Crippen molar-refractivity contribution in [2.45, 2.75) is 57.3 Å². The number of aliphatic hydroxyl groups excluding tert-OH is 1. The first-order chi connectivity index (χ1) is 8.96. The van der Waals surface area contributed by atoms with Crippen molar-refractivity contribution in [3.8, 4) is 0 Å². The van der Waals surface area contributed by atoms with Gasteiger partial charge in [0.2, 0.25) is 0 Å². The van der Waals surface area contributed by atoms with E-state index in [9.17, 15) is 10.2 Å². The Morgan fingerprint density at radius 1 is 1.26 bits per heavy atom. The Morgan fingerprint density at radius 2 is 1.84 bits per heavy atom. The minimum atomic E-state index is -0.492. The van der Waals surface area contributed by atoms with Crippen molar-refractivity contribution in [1.29, 1.82) is 0 Å². The maximum absolute atomic E-state index is 10.1. The smallest absolute Gasteiger partial charge is 0.0914 e. The number of nitrogens with one attached hydrogen (secondary N) is 1. The number of benzene rings is 1. The van der Waals surface area contributed by atoms with Crippen LogP contribution in [0.3, 0.4) is 0 Å². The normalized spacial score (nSPS) is 29.2. The second kappa shape index (κ2) is 6.04. The van der Waals surface area contributed by atoms with Crippen molar-refractivity contribution in [1.82, 2.24) is 5.32 Å². The first-order valence-corrected chi connectivity index (χ1v) is 7.17. The summed E-state index contributed by atoms with van der Waals surface area (Å²) < 4.78 is 0. The summed E-state index contributed by atoms with van der Waals surface area (Å²) in [6.45, 7) is 4.53. The van der Waals surface area contributed by atoms with Crippen LogP contribution in [0.4, 0.5) is 0 Å². The van der Waals surface area contributed by atoms with Crippen LogP contribution in [0.15, 0.2) is 24.3 Å². The topological polar surface area (TPSA) is 52.5 Å². The summed E-state index contributed by atoms with van der Waals surface area (Å²) in [5.41, 5.74) is 1.67. The predicted molar refractivity (Wildman–Crippen MR) is 77.0 cm³/mol. The molecule has 19 heavy (non-hydrogen) atoms. The van der Waals surface area contributed by atoms with E-state index in [4.69, 9.17) is 0 Å². The first-order valence-electron chi connectivity index (χ1n) is 7.17. The highest BCUT2D eigenvalue weighted by Crippen LogP contribution is 2.27. The van der Waals surface area contributed by atoms with E-state index >= 15 is 0 Å². The van der Waals surface area contributed by atoms with E-state index in [0.29, 0.717) is 12.6 Å². The zero-order valence-electron chi connectivity index (χ0n) is 11.9. The molecule has 1 fully saturated rings. The Bertz CT molecular complexity index is 390. The highest BCUT2D eigenvalue weighted by Gasteiger charge is 2.28. The van der Waals surface area contributed by atoms with Crippen LogP contribution in [0.25, 0.3) is 0 Å². The summed E-state index contributed by atoms with van der Waals surface area (Å²) in [4.78, 5) is 0. The van der Waals surface area contributed by atoms with Crippen LogP contribution in [0.5, 0.6) is 0 Å². The van der Waals surface area contributed by atoms with E-state index in [0.717, 1.165) is 31.2 Å². The fourth-order valence-corrected chi connectivity index (χ4v) is 2.63. The molecule has 1 unspecified atom stereocenters. The molecule has 1 aromatic rings. The lowest BCUT2D eigenvalue weighted by Gasteiger charge is -2.33. The maximum atomic E-state index is 10.1. The quantitative estimate of drug-likeness (QED) is 0.781. The molecule has 0 aliphatic heterocycles. The summed E-state index contributed by atoms with van der Waals surface area (Å²) in [5, 5.41) is 23.4. The summed E-state index contributed by atoms with van der Waals surface area (Å²) in [6.07, 6.45) is 3.18. The highest BCUT2D eigenvalue weighted by molar-refractivity contribution is 5.23. The van der Waals surface area contributed by atoms with Crippen LogP contribution in [0.2, 0.25) is 0 Å². The molecule has 1 aromatic carbocycles. The number of hydrogen-bond acceptors (Lipinski definition) is 3. The van der Waals surface area contributed by atoms with Crippen LogP contribution < -0.4 is 5.32 Å². The number of hydrogen-bond donors (Lipinski definition) is 3. The van der Waals surface area contributed by atoms with Gasteiger partial charge in [0.25, 0.3) is 0 Å². The minimum absolute atomic E-state index is 0.417. The molecule has 1 saturated carbocycles.